The lowest BCUT2D eigenvalue weighted by atomic mass is 9.93. The number of hydrogen-bond acceptors (Lipinski definition) is 4. The number of imidazole rings is 1. The number of H-pyrrole nitrogens is 1. The van der Waals surface area contributed by atoms with Gasteiger partial charge in [0.2, 0.25) is 0 Å². The first-order valence-corrected chi connectivity index (χ1v) is 13.2. The van der Waals surface area contributed by atoms with E-state index < -0.39 is 12.8 Å². The van der Waals surface area contributed by atoms with Crippen LogP contribution in [0.4, 0.5) is 9.18 Å². The number of amides is 1. The molecule has 0 spiro atoms. The van der Waals surface area contributed by atoms with Crippen LogP contribution in [0.15, 0.2) is 47.3 Å². The van der Waals surface area contributed by atoms with Crippen molar-refractivity contribution in [1.82, 2.24) is 19.4 Å². The molecule has 37 heavy (non-hydrogen) atoms. The van der Waals surface area contributed by atoms with E-state index in [0.717, 1.165) is 48.9 Å². The monoisotopic (exact) mass is 512 g/mol. The van der Waals surface area contributed by atoms with E-state index in [1.807, 2.05) is 23.6 Å². The minimum absolute atomic E-state index is 0. The van der Waals surface area contributed by atoms with Crippen molar-refractivity contribution in [3.05, 3.63) is 69.6 Å². The summed E-state index contributed by atoms with van der Waals surface area (Å²) in [5, 5.41) is 0. The number of aromatic nitrogens is 2. The van der Waals surface area contributed by atoms with E-state index in [1.54, 1.807) is 4.90 Å². The molecule has 8 heteroatoms. The zero-order valence-corrected chi connectivity index (χ0v) is 22.4. The summed E-state index contributed by atoms with van der Waals surface area (Å²) in [6, 6.07) is 14.7. The molecule has 1 unspecified atom stereocenters. The minimum atomic E-state index is -0.656. The second kappa shape index (κ2) is 11.5. The van der Waals surface area contributed by atoms with Crippen LogP contribution in [0.5, 0.6) is 0 Å². The van der Waals surface area contributed by atoms with Crippen molar-refractivity contribution >= 4 is 17.1 Å². The third-order valence-electron chi connectivity index (χ3n) is 7.65. The smallest absolute Gasteiger partial charge is 0.409 e. The number of aryl methyl sites for hydroxylation is 3. The van der Waals surface area contributed by atoms with Crippen LogP contribution in [-0.4, -0.2) is 70.4 Å². The number of fused-ring (bicyclic) bond motifs is 1. The summed E-state index contributed by atoms with van der Waals surface area (Å²) in [6.07, 6.45) is 2.22. The van der Waals surface area contributed by atoms with Gasteiger partial charge in [-0.15, -0.1) is 0 Å². The standard InChI is InChI=1S/C21H29FN4O3.C8H10.H2/c1-15-3-4-17-18(13-15)26(19(27)23-17)16-5-9-25(10-6-16)21(2)7-11-24(14-21)20(28)29-12-8-22;1-7-4-3-5-8(2)6-7;/h3-4,13,16H,5-12,14H2,1-2H3,(H,23,27);3-6H,1-2H3;1H. The Balaban J connectivity index is 0.000000382. The lowest BCUT2D eigenvalue weighted by molar-refractivity contribution is 0.0621. The van der Waals surface area contributed by atoms with Crippen molar-refractivity contribution in [2.24, 2.45) is 0 Å². The van der Waals surface area contributed by atoms with Crippen LogP contribution in [0.2, 0.25) is 0 Å². The van der Waals surface area contributed by atoms with E-state index in [9.17, 15) is 14.0 Å². The van der Waals surface area contributed by atoms with Gasteiger partial charge in [0.15, 0.2) is 0 Å². The number of nitrogens with one attached hydrogen (secondary N) is 1. The molecule has 0 radical (unpaired) electrons. The molecule has 5 rings (SSSR count). The van der Waals surface area contributed by atoms with Crippen molar-refractivity contribution in [3.8, 4) is 0 Å². The van der Waals surface area contributed by atoms with Crippen molar-refractivity contribution in [2.75, 3.05) is 39.5 Å². The second-order valence-electron chi connectivity index (χ2n) is 10.7. The summed E-state index contributed by atoms with van der Waals surface area (Å²) in [5.41, 5.74) is 5.52. The fourth-order valence-corrected chi connectivity index (χ4v) is 5.64. The molecule has 0 saturated carbocycles. The summed E-state index contributed by atoms with van der Waals surface area (Å²) in [5.74, 6) is 0. The van der Waals surface area contributed by atoms with E-state index >= 15 is 0 Å². The van der Waals surface area contributed by atoms with Crippen molar-refractivity contribution in [3.63, 3.8) is 0 Å². The number of rotatable bonds is 4. The van der Waals surface area contributed by atoms with Gasteiger partial charge in [-0.1, -0.05) is 41.5 Å². The average molecular weight is 513 g/mol. The maximum absolute atomic E-state index is 12.6. The number of carbonyl (C=O) groups is 1. The van der Waals surface area contributed by atoms with Gasteiger partial charge < -0.3 is 14.6 Å². The second-order valence-corrected chi connectivity index (χ2v) is 10.7. The zero-order chi connectivity index (χ0) is 26.6. The largest absolute Gasteiger partial charge is 0.447 e. The van der Waals surface area contributed by atoms with E-state index in [1.165, 1.54) is 11.1 Å². The minimum Gasteiger partial charge on any atom is -0.447 e. The highest BCUT2D eigenvalue weighted by Gasteiger charge is 2.42. The third kappa shape index (κ3) is 6.24. The van der Waals surface area contributed by atoms with Crippen molar-refractivity contribution in [1.29, 1.82) is 0 Å². The van der Waals surface area contributed by atoms with E-state index in [4.69, 9.17) is 4.74 Å². The van der Waals surface area contributed by atoms with Gasteiger partial charge in [0, 0.05) is 39.2 Å². The van der Waals surface area contributed by atoms with Crippen LogP contribution in [0.1, 0.15) is 50.3 Å². The number of carbonyl (C=O) groups excluding carboxylic acids is 1. The molecule has 2 aliphatic heterocycles. The van der Waals surface area contributed by atoms with Crippen LogP contribution >= 0.6 is 0 Å². The molecule has 2 fully saturated rings. The number of aromatic amines is 1. The molecule has 0 aliphatic carbocycles. The Labute approximate surface area is 219 Å². The number of likely N-dealkylation sites (tertiary alicyclic amines) is 2. The van der Waals surface area contributed by atoms with Gasteiger partial charge in [0.25, 0.3) is 0 Å². The summed E-state index contributed by atoms with van der Waals surface area (Å²) in [4.78, 5) is 31.7. The van der Waals surface area contributed by atoms with Gasteiger partial charge >= 0.3 is 11.8 Å². The van der Waals surface area contributed by atoms with E-state index in [-0.39, 0.29) is 25.3 Å². The van der Waals surface area contributed by atoms with E-state index in [2.05, 4.69) is 61.0 Å². The Morgan fingerprint density at radius 2 is 1.76 bits per heavy atom. The maximum atomic E-state index is 12.6. The Morgan fingerprint density at radius 1 is 1.08 bits per heavy atom. The Kier molecular flexibility index (Phi) is 8.37. The Bertz CT molecular complexity index is 1270. The van der Waals surface area contributed by atoms with Crippen LogP contribution in [0.25, 0.3) is 11.0 Å². The number of alkyl halides is 1. The Morgan fingerprint density at radius 3 is 2.38 bits per heavy atom. The van der Waals surface area contributed by atoms with Crippen molar-refractivity contribution in [2.45, 2.75) is 58.5 Å². The topological polar surface area (TPSA) is 70.6 Å². The third-order valence-corrected chi connectivity index (χ3v) is 7.65. The Hall–Kier alpha value is -3.13. The number of ether oxygens (including phenoxy) is 1. The normalized spacial score (nSPS) is 20.6. The maximum Gasteiger partial charge on any atom is 0.409 e. The first kappa shape index (κ1) is 26.9. The molecule has 202 valence electrons. The average Bonchev–Trinajstić information content (AvgIpc) is 3.43. The summed E-state index contributed by atoms with van der Waals surface area (Å²) in [6.45, 7) is 10.6. The first-order valence-electron chi connectivity index (χ1n) is 13.2. The molecule has 1 atom stereocenters. The molecule has 2 aliphatic rings. The number of halogens is 1. The fourth-order valence-electron chi connectivity index (χ4n) is 5.64. The van der Waals surface area contributed by atoms with Crippen molar-refractivity contribution < 1.29 is 15.3 Å². The van der Waals surface area contributed by atoms with Crippen LogP contribution in [0.3, 0.4) is 0 Å². The molecular formula is C29H41FN4O3. The van der Waals surface area contributed by atoms with Gasteiger partial charge in [-0.3, -0.25) is 9.47 Å². The SMILES string of the molecule is Cc1ccc2[nH]c(=O)n(C3CCN(C4(C)CCN(C(=O)OCCF)C4)CC3)c2c1.Cc1cccc(C)c1.[HH]. The zero-order valence-electron chi connectivity index (χ0n) is 22.4. The van der Waals surface area contributed by atoms with Gasteiger partial charge in [-0.2, -0.15) is 0 Å². The van der Waals surface area contributed by atoms with Crippen LogP contribution in [0, 0.1) is 20.8 Å². The highest BCUT2D eigenvalue weighted by atomic mass is 19.1. The molecule has 1 amide bonds. The predicted molar refractivity (Wildman–Crippen MR) is 147 cm³/mol. The number of benzene rings is 2. The molecule has 2 aromatic carbocycles. The molecule has 3 heterocycles. The summed E-state index contributed by atoms with van der Waals surface area (Å²) >= 11 is 0. The highest BCUT2D eigenvalue weighted by molar-refractivity contribution is 5.76. The highest BCUT2D eigenvalue weighted by Crippen LogP contribution is 2.34. The molecule has 0 bridgehead atoms. The fraction of sp³-hybridized carbons (Fsp3) is 0.517. The lowest BCUT2D eigenvalue weighted by Crippen LogP contribution is -2.52. The number of piperidine rings is 1. The summed E-state index contributed by atoms with van der Waals surface area (Å²) in [7, 11) is 0. The molecular weight excluding hydrogens is 471 g/mol. The first-order chi connectivity index (χ1) is 17.7. The van der Waals surface area contributed by atoms with Gasteiger partial charge in [0.05, 0.1) is 11.0 Å². The number of nitrogens with zero attached hydrogens (tertiary/aromatic N) is 3. The summed E-state index contributed by atoms with van der Waals surface area (Å²) < 4.78 is 19.1. The predicted octanol–water partition coefficient (Wildman–Crippen LogP) is 5.39. The van der Waals surface area contributed by atoms with E-state index in [0.29, 0.717) is 13.1 Å². The quantitative estimate of drug-likeness (QED) is 0.509. The molecule has 2 saturated heterocycles. The van der Waals surface area contributed by atoms with Crippen LogP contribution < -0.4 is 5.69 Å². The molecule has 1 aromatic heterocycles. The van der Waals surface area contributed by atoms with Gasteiger partial charge in [0.1, 0.15) is 13.3 Å². The molecule has 7 nitrogen and oxygen atoms in total. The molecule has 3 aromatic rings. The van der Waals surface area contributed by atoms with Gasteiger partial charge in [-0.05, 0) is 64.7 Å². The van der Waals surface area contributed by atoms with Gasteiger partial charge in [-0.25, -0.2) is 14.0 Å². The number of hydrogen-bond donors (Lipinski definition) is 1. The lowest BCUT2D eigenvalue weighted by Gasteiger charge is -2.43. The molecule has 1 N–H and O–H groups in total. The van der Waals surface area contributed by atoms with Crippen LogP contribution in [-0.2, 0) is 4.74 Å².